The Morgan fingerprint density at radius 2 is 0.917 bits per heavy atom. The Morgan fingerprint density at radius 3 is 1.30 bits per heavy atom. The summed E-state index contributed by atoms with van der Waals surface area (Å²) in [5, 5.41) is 13.9. The van der Waals surface area contributed by atoms with E-state index in [1.807, 2.05) is 21.1 Å². The molecule has 0 aromatic carbocycles. The van der Waals surface area contributed by atoms with Gasteiger partial charge in [-0.1, -0.05) is 225 Å². The van der Waals surface area contributed by atoms with Crippen LogP contribution in [0.25, 0.3) is 0 Å². The lowest BCUT2D eigenvalue weighted by molar-refractivity contribution is -0.870. The largest absolute Gasteiger partial charge is 0.756 e. The molecule has 60 heavy (non-hydrogen) atoms. The molecular weight excluding hydrogens is 768 g/mol. The molecule has 1 amide bonds. The third-order valence-corrected chi connectivity index (χ3v) is 13.0. The van der Waals surface area contributed by atoms with Gasteiger partial charge in [-0.25, -0.2) is 0 Å². The van der Waals surface area contributed by atoms with E-state index in [-0.39, 0.29) is 19.1 Å². The minimum absolute atomic E-state index is 0.0147. The van der Waals surface area contributed by atoms with Crippen molar-refractivity contribution in [2.75, 3.05) is 40.9 Å². The zero-order valence-corrected chi connectivity index (χ0v) is 41.6. The van der Waals surface area contributed by atoms with Gasteiger partial charge < -0.3 is 28.8 Å². The molecule has 3 unspecified atom stereocenters. The Labute approximate surface area is 373 Å². The molecule has 0 spiro atoms. The van der Waals surface area contributed by atoms with Gasteiger partial charge in [-0.05, 0) is 38.5 Å². The second-order valence-electron chi connectivity index (χ2n) is 19.2. The van der Waals surface area contributed by atoms with E-state index < -0.39 is 20.0 Å². The number of nitrogens with zero attached hydrogens (tertiary/aromatic N) is 1. The van der Waals surface area contributed by atoms with Gasteiger partial charge in [-0.2, -0.15) is 0 Å². The van der Waals surface area contributed by atoms with Gasteiger partial charge in [0.2, 0.25) is 5.91 Å². The molecule has 8 nitrogen and oxygen atoms in total. The third-order valence-electron chi connectivity index (χ3n) is 12.0. The van der Waals surface area contributed by atoms with E-state index >= 15 is 0 Å². The molecule has 0 aliphatic heterocycles. The number of rotatable bonds is 48. The van der Waals surface area contributed by atoms with Crippen LogP contribution in [0, 0.1) is 0 Å². The molecule has 0 aliphatic carbocycles. The van der Waals surface area contributed by atoms with E-state index in [0.29, 0.717) is 23.9 Å². The topological polar surface area (TPSA) is 108 Å². The van der Waals surface area contributed by atoms with Crippen molar-refractivity contribution in [1.82, 2.24) is 5.32 Å². The predicted octanol–water partition coefficient (Wildman–Crippen LogP) is 14.5. The number of amides is 1. The lowest BCUT2D eigenvalue weighted by Crippen LogP contribution is -2.46. The second kappa shape index (κ2) is 43.5. The summed E-state index contributed by atoms with van der Waals surface area (Å²) >= 11 is 0. The molecule has 0 aliphatic rings. The molecular formula is C51H103N2O6P. The number of hydrogen-bond acceptors (Lipinski definition) is 6. The standard InChI is InChI=1S/C51H103N2O6P/c1-6-8-10-12-14-16-18-19-20-21-22-23-24-25-26-27-28-29-30-31-32-33-35-37-39-41-43-45-51(55)52-49(48-59-60(56,57)58-47-46-53(3,4)5)50(54)44-42-40-38-36-34-17-15-13-11-9-7-2/h21-22,49-50,54H,6-20,23-48H2,1-5H3,(H-,52,55,56,57)/b22-21-. The number of carbonyl (C=O) groups excluding carboxylic acids is 1. The average Bonchev–Trinajstić information content (AvgIpc) is 3.20. The molecule has 0 saturated heterocycles. The number of likely N-dealkylation sites (N-methyl/N-ethyl adjacent to an activating group) is 1. The Hall–Kier alpha value is -0.760. The van der Waals surface area contributed by atoms with Crippen molar-refractivity contribution < 1.29 is 32.9 Å². The van der Waals surface area contributed by atoms with Crippen LogP contribution in [0.1, 0.15) is 258 Å². The Morgan fingerprint density at radius 1 is 0.567 bits per heavy atom. The van der Waals surface area contributed by atoms with Gasteiger partial charge in [-0.15, -0.1) is 0 Å². The van der Waals surface area contributed by atoms with Crippen LogP contribution in [0.5, 0.6) is 0 Å². The number of aliphatic hydroxyl groups is 1. The highest BCUT2D eigenvalue weighted by Crippen LogP contribution is 2.38. The monoisotopic (exact) mass is 871 g/mol. The van der Waals surface area contributed by atoms with Crippen LogP contribution in [-0.4, -0.2) is 68.5 Å². The van der Waals surface area contributed by atoms with Gasteiger partial charge in [0.05, 0.1) is 39.9 Å². The zero-order chi connectivity index (χ0) is 44.3. The smallest absolute Gasteiger partial charge is 0.268 e. The molecule has 3 atom stereocenters. The van der Waals surface area contributed by atoms with E-state index in [0.717, 1.165) is 38.5 Å². The number of aliphatic hydroxyl groups excluding tert-OH is 1. The first-order chi connectivity index (χ1) is 29.0. The first kappa shape index (κ1) is 59.2. The molecule has 0 saturated carbocycles. The number of unbranched alkanes of at least 4 members (excludes halogenated alkanes) is 33. The van der Waals surface area contributed by atoms with Crippen LogP contribution in [0.4, 0.5) is 0 Å². The van der Waals surface area contributed by atoms with Gasteiger partial charge in [-0.3, -0.25) is 9.36 Å². The molecule has 0 radical (unpaired) electrons. The molecule has 358 valence electrons. The van der Waals surface area contributed by atoms with Crippen molar-refractivity contribution in [3.05, 3.63) is 12.2 Å². The van der Waals surface area contributed by atoms with Gasteiger partial charge >= 0.3 is 0 Å². The SMILES string of the molecule is CCCCCCCCCC/C=C\CCCCCCCCCCCCCCCCCC(=O)NC(COP(=O)([O-])OCC[N+](C)(C)C)C(O)CCCCCCCCCCCCC. The van der Waals surface area contributed by atoms with Crippen LogP contribution in [0.15, 0.2) is 12.2 Å². The molecule has 0 aromatic heterocycles. The fraction of sp³-hybridized carbons (Fsp3) is 0.941. The highest BCUT2D eigenvalue weighted by molar-refractivity contribution is 7.45. The van der Waals surface area contributed by atoms with Crippen molar-refractivity contribution in [1.29, 1.82) is 0 Å². The lowest BCUT2D eigenvalue weighted by Gasteiger charge is -2.30. The summed E-state index contributed by atoms with van der Waals surface area (Å²) in [5.41, 5.74) is 0. The van der Waals surface area contributed by atoms with Crippen LogP contribution in [0.2, 0.25) is 0 Å². The van der Waals surface area contributed by atoms with Crippen LogP contribution in [-0.2, 0) is 18.4 Å². The first-order valence-electron chi connectivity index (χ1n) is 26.0. The van der Waals surface area contributed by atoms with Crippen LogP contribution >= 0.6 is 7.82 Å². The quantitative estimate of drug-likeness (QED) is 0.0273. The lowest BCUT2D eigenvalue weighted by atomic mass is 10.0. The first-order valence-corrected chi connectivity index (χ1v) is 27.5. The number of allylic oxidation sites excluding steroid dienone is 2. The molecule has 0 heterocycles. The fourth-order valence-corrected chi connectivity index (χ4v) is 8.58. The molecule has 0 aromatic rings. The molecule has 2 N–H and O–H groups in total. The highest BCUT2D eigenvalue weighted by atomic mass is 31.2. The normalized spacial score (nSPS) is 14.2. The molecule has 0 bridgehead atoms. The summed E-state index contributed by atoms with van der Waals surface area (Å²) in [6, 6.07) is -0.795. The van der Waals surface area contributed by atoms with Gasteiger partial charge in [0.1, 0.15) is 13.2 Å². The Kier molecular flexibility index (Phi) is 42.9. The second-order valence-corrected chi connectivity index (χ2v) is 20.6. The summed E-state index contributed by atoms with van der Waals surface area (Å²) in [6.45, 7) is 4.73. The summed E-state index contributed by atoms with van der Waals surface area (Å²) in [4.78, 5) is 25.4. The molecule has 0 fully saturated rings. The van der Waals surface area contributed by atoms with Crippen molar-refractivity contribution >= 4 is 13.7 Å². The van der Waals surface area contributed by atoms with Crippen molar-refractivity contribution in [3.63, 3.8) is 0 Å². The number of nitrogens with one attached hydrogen (secondary N) is 1. The maximum absolute atomic E-state index is 12.9. The number of quaternary nitrogens is 1. The highest BCUT2D eigenvalue weighted by Gasteiger charge is 2.24. The maximum Gasteiger partial charge on any atom is 0.268 e. The van der Waals surface area contributed by atoms with E-state index in [9.17, 15) is 19.4 Å². The minimum Gasteiger partial charge on any atom is -0.756 e. The number of phosphoric ester groups is 1. The average molecular weight is 871 g/mol. The van der Waals surface area contributed by atoms with Crippen molar-refractivity contribution in [2.45, 2.75) is 270 Å². The maximum atomic E-state index is 12.9. The van der Waals surface area contributed by atoms with Crippen LogP contribution in [0.3, 0.4) is 0 Å². The molecule has 0 rings (SSSR count). The number of hydrogen-bond donors (Lipinski definition) is 2. The minimum atomic E-state index is -4.56. The summed E-state index contributed by atoms with van der Waals surface area (Å²) in [5.74, 6) is -0.162. The number of phosphoric acid groups is 1. The van der Waals surface area contributed by atoms with E-state index in [1.54, 1.807) is 0 Å². The summed E-state index contributed by atoms with van der Waals surface area (Å²) in [7, 11) is 1.31. The van der Waals surface area contributed by atoms with Gasteiger partial charge in [0, 0.05) is 6.42 Å². The molecule has 9 heteroatoms. The van der Waals surface area contributed by atoms with Gasteiger partial charge in [0.25, 0.3) is 7.82 Å². The Bertz CT molecular complexity index is 989. The fourth-order valence-electron chi connectivity index (χ4n) is 7.86. The van der Waals surface area contributed by atoms with Crippen molar-refractivity contribution in [2.24, 2.45) is 0 Å². The summed E-state index contributed by atoms with van der Waals surface area (Å²) in [6.07, 6.45) is 51.0. The van der Waals surface area contributed by atoms with E-state index in [1.165, 1.54) is 193 Å². The van der Waals surface area contributed by atoms with E-state index in [4.69, 9.17) is 9.05 Å². The Balaban J connectivity index is 4.05. The third kappa shape index (κ3) is 45.3. The van der Waals surface area contributed by atoms with Crippen LogP contribution < -0.4 is 10.2 Å². The van der Waals surface area contributed by atoms with Gasteiger partial charge in [0.15, 0.2) is 0 Å². The van der Waals surface area contributed by atoms with E-state index in [2.05, 4.69) is 31.3 Å². The van der Waals surface area contributed by atoms with Crippen molar-refractivity contribution in [3.8, 4) is 0 Å². The number of carbonyl (C=O) groups is 1. The summed E-state index contributed by atoms with van der Waals surface area (Å²) < 4.78 is 23.3. The predicted molar refractivity (Wildman–Crippen MR) is 256 cm³/mol. The zero-order valence-electron chi connectivity index (χ0n) is 40.7.